The molecule has 0 aromatic heterocycles. The average Bonchev–Trinajstić information content (AvgIpc) is 3.05. The van der Waals surface area contributed by atoms with E-state index in [9.17, 15) is 17.2 Å². The molecule has 136 valence electrons. The van der Waals surface area contributed by atoms with Crippen LogP contribution < -0.4 is 0 Å². The Kier molecular flexibility index (Phi) is 4.81. The molecule has 0 bridgehead atoms. The van der Waals surface area contributed by atoms with Crippen LogP contribution in [0, 0.1) is 6.92 Å². The molecule has 2 heterocycles. The van der Waals surface area contributed by atoms with E-state index in [0.29, 0.717) is 16.9 Å². The zero-order valence-electron chi connectivity index (χ0n) is 14.2. The van der Waals surface area contributed by atoms with Crippen molar-refractivity contribution in [3.63, 3.8) is 0 Å². The molecule has 0 saturated carbocycles. The molecule has 0 amide bonds. The Morgan fingerprint density at radius 3 is 2.76 bits per heavy atom. The molecule has 0 N–H and O–H groups in total. The third-order valence-corrected chi connectivity index (χ3v) is 7.47. The van der Waals surface area contributed by atoms with Crippen molar-refractivity contribution < 1.29 is 21.9 Å². The van der Waals surface area contributed by atoms with Crippen molar-refractivity contribution in [2.24, 2.45) is 4.99 Å². The summed E-state index contributed by atoms with van der Waals surface area (Å²) in [6.07, 6.45) is -1.17. The van der Waals surface area contributed by atoms with Crippen LogP contribution in [-0.2, 0) is 14.6 Å². The standard InChI is InChI=1S/C18H21F2NO3S/c1-12-4-3-5-14(8-12)25(22,23)18(2)6-7-24-16(10-18)13-9-15(17(19)20)21-11-13/h3-5,8-9,16-17H,6-7,10-11H2,1-2H3. The number of alkyl halides is 2. The maximum atomic E-state index is 13.2. The lowest BCUT2D eigenvalue weighted by Gasteiger charge is -2.38. The van der Waals surface area contributed by atoms with Gasteiger partial charge in [-0.1, -0.05) is 12.1 Å². The van der Waals surface area contributed by atoms with E-state index >= 15 is 0 Å². The Hall–Kier alpha value is -1.60. The molecule has 2 aliphatic rings. The second-order valence-electron chi connectivity index (χ2n) is 6.84. The molecule has 4 nitrogen and oxygen atoms in total. The summed E-state index contributed by atoms with van der Waals surface area (Å²) in [5.74, 6) is 0. The predicted molar refractivity (Wildman–Crippen MR) is 92.1 cm³/mol. The van der Waals surface area contributed by atoms with Crippen molar-refractivity contribution in [1.29, 1.82) is 0 Å². The van der Waals surface area contributed by atoms with Gasteiger partial charge in [0.15, 0.2) is 9.84 Å². The normalized spacial score (nSPS) is 27.3. The first-order chi connectivity index (χ1) is 11.7. The smallest absolute Gasteiger partial charge is 0.279 e. The first-order valence-electron chi connectivity index (χ1n) is 8.19. The number of aliphatic imine (C=N–C) groups is 1. The van der Waals surface area contributed by atoms with E-state index in [4.69, 9.17) is 4.74 Å². The van der Waals surface area contributed by atoms with E-state index in [1.54, 1.807) is 25.1 Å². The summed E-state index contributed by atoms with van der Waals surface area (Å²) in [6.45, 7) is 3.98. The largest absolute Gasteiger partial charge is 0.374 e. The van der Waals surface area contributed by atoms with E-state index in [0.717, 1.165) is 5.56 Å². The second-order valence-corrected chi connectivity index (χ2v) is 9.31. The number of benzene rings is 1. The van der Waals surface area contributed by atoms with Crippen LogP contribution in [0.25, 0.3) is 0 Å². The van der Waals surface area contributed by atoms with Gasteiger partial charge < -0.3 is 4.74 Å². The number of sulfone groups is 1. The number of halogens is 2. The summed E-state index contributed by atoms with van der Waals surface area (Å²) in [6, 6.07) is 6.84. The molecule has 1 aromatic carbocycles. The third kappa shape index (κ3) is 3.40. The number of ether oxygens (including phenoxy) is 1. The van der Waals surface area contributed by atoms with Gasteiger partial charge in [0.05, 0.1) is 22.3 Å². The fourth-order valence-electron chi connectivity index (χ4n) is 3.31. The third-order valence-electron chi connectivity index (χ3n) is 4.93. The molecule has 1 aromatic rings. The van der Waals surface area contributed by atoms with E-state index in [2.05, 4.69) is 4.99 Å². The molecule has 3 rings (SSSR count). The Balaban J connectivity index is 1.86. The van der Waals surface area contributed by atoms with Crippen molar-refractivity contribution in [3.05, 3.63) is 41.5 Å². The van der Waals surface area contributed by atoms with Gasteiger partial charge in [-0.2, -0.15) is 0 Å². The van der Waals surface area contributed by atoms with E-state index in [1.165, 1.54) is 6.08 Å². The zero-order valence-corrected chi connectivity index (χ0v) is 15.0. The molecule has 25 heavy (non-hydrogen) atoms. The highest BCUT2D eigenvalue weighted by atomic mass is 32.2. The number of allylic oxidation sites excluding steroid dienone is 1. The number of hydrogen-bond acceptors (Lipinski definition) is 4. The van der Waals surface area contributed by atoms with Gasteiger partial charge in [0.1, 0.15) is 5.71 Å². The lowest BCUT2D eigenvalue weighted by molar-refractivity contribution is 0.0236. The summed E-state index contributed by atoms with van der Waals surface area (Å²) < 4.78 is 56.6. The molecule has 2 unspecified atom stereocenters. The van der Waals surface area contributed by atoms with Gasteiger partial charge in [0.2, 0.25) is 0 Å². The van der Waals surface area contributed by atoms with Crippen molar-refractivity contribution >= 4 is 15.5 Å². The Labute approximate surface area is 146 Å². The minimum Gasteiger partial charge on any atom is -0.374 e. The van der Waals surface area contributed by atoms with Crippen LogP contribution in [-0.4, -0.2) is 44.6 Å². The number of hydrogen-bond donors (Lipinski definition) is 0. The van der Waals surface area contributed by atoms with Crippen LogP contribution in [0.3, 0.4) is 0 Å². The number of rotatable bonds is 4. The fraction of sp³-hybridized carbons (Fsp3) is 0.500. The van der Waals surface area contributed by atoms with Gasteiger partial charge >= 0.3 is 0 Å². The van der Waals surface area contributed by atoms with Gasteiger partial charge in [-0.15, -0.1) is 0 Å². The lowest BCUT2D eigenvalue weighted by Crippen LogP contribution is -2.45. The molecular formula is C18H21F2NO3S. The van der Waals surface area contributed by atoms with Crippen LogP contribution in [0.15, 0.2) is 45.8 Å². The van der Waals surface area contributed by atoms with Crippen LogP contribution in [0.4, 0.5) is 8.78 Å². The van der Waals surface area contributed by atoms with Crippen LogP contribution in [0.2, 0.25) is 0 Å². The highest BCUT2D eigenvalue weighted by molar-refractivity contribution is 7.92. The van der Waals surface area contributed by atoms with Crippen molar-refractivity contribution in [3.8, 4) is 0 Å². The molecule has 0 radical (unpaired) electrons. The summed E-state index contributed by atoms with van der Waals surface area (Å²) in [5, 5.41) is 0. The summed E-state index contributed by atoms with van der Waals surface area (Å²) in [4.78, 5) is 4.11. The number of aryl methyl sites for hydroxylation is 1. The second kappa shape index (κ2) is 6.61. The minimum atomic E-state index is -3.57. The van der Waals surface area contributed by atoms with Crippen LogP contribution in [0.1, 0.15) is 25.3 Å². The first kappa shape index (κ1) is 18.2. The molecule has 1 fully saturated rings. The topological polar surface area (TPSA) is 55.7 Å². The van der Waals surface area contributed by atoms with Crippen molar-refractivity contribution in [1.82, 2.24) is 0 Å². The van der Waals surface area contributed by atoms with Crippen molar-refractivity contribution in [2.45, 2.75) is 48.9 Å². The van der Waals surface area contributed by atoms with E-state index < -0.39 is 27.1 Å². The summed E-state index contributed by atoms with van der Waals surface area (Å²) >= 11 is 0. The molecule has 0 aliphatic carbocycles. The molecular weight excluding hydrogens is 348 g/mol. The van der Waals surface area contributed by atoms with Crippen molar-refractivity contribution in [2.75, 3.05) is 13.2 Å². The Morgan fingerprint density at radius 1 is 1.36 bits per heavy atom. The monoisotopic (exact) mass is 369 g/mol. The van der Waals surface area contributed by atoms with Gasteiger partial charge in [-0.3, -0.25) is 4.99 Å². The Bertz CT molecular complexity index is 832. The van der Waals surface area contributed by atoms with Crippen LogP contribution >= 0.6 is 0 Å². The highest BCUT2D eigenvalue weighted by Crippen LogP contribution is 2.39. The van der Waals surface area contributed by atoms with Gasteiger partial charge in [-0.25, -0.2) is 17.2 Å². The maximum Gasteiger partial charge on any atom is 0.279 e. The van der Waals surface area contributed by atoms with Gasteiger partial charge in [0.25, 0.3) is 6.43 Å². The number of nitrogens with zero attached hydrogens (tertiary/aromatic N) is 1. The SMILES string of the molecule is Cc1cccc(S(=O)(=O)C2(C)CCOC(C3=CC(C(F)F)=NC3)C2)c1. The molecule has 1 saturated heterocycles. The average molecular weight is 369 g/mol. The van der Waals surface area contributed by atoms with Crippen LogP contribution in [0.5, 0.6) is 0 Å². The molecule has 2 atom stereocenters. The molecule has 2 aliphatic heterocycles. The molecule has 0 spiro atoms. The summed E-state index contributed by atoms with van der Waals surface area (Å²) in [7, 11) is -3.57. The van der Waals surface area contributed by atoms with E-state index in [-0.39, 0.29) is 25.3 Å². The fourth-order valence-corrected chi connectivity index (χ4v) is 5.20. The van der Waals surface area contributed by atoms with E-state index in [1.807, 2.05) is 13.0 Å². The summed E-state index contributed by atoms with van der Waals surface area (Å²) in [5.41, 5.74) is 1.25. The van der Waals surface area contributed by atoms with Gasteiger partial charge in [-0.05, 0) is 56.0 Å². The maximum absolute atomic E-state index is 13.2. The first-order valence-corrected chi connectivity index (χ1v) is 9.67. The quantitative estimate of drug-likeness (QED) is 0.818. The predicted octanol–water partition coefficient (Wildman–Crippen LogP) is 3.35. The molecule has 7 heteroatoms. The minimum absolute atomic E-state index is 0.144. The lowest BCUT2D eigenvalue weighted by atomic mass is 9.92. The zero-order chi connectivity index (χ0) is 18.2. The van der Waals surface area contributed by atoms with Gasteiger partial charge in [0, 0.05) is 6.61 Å². The Morgan fingerprint density at radius 2 is 2.12 bits per heavy atom. The highest BCUT2D eigenvalue weighted by Gasteiger charge is 2.45.